The van der Waals surface area contributed by atoms with E-state index in [1.54, 1.807) is 0 Å². The summed E-state index contributed by atoms with van der Waals surface area (Å²) in [5.41, 5.74) is 5.68. The molecule has 1 aliphatic rings. The van der Waals surface area contributed by atoms with Crippen molar-refractivity contribution in [2.24, 2.45) is 5.92 Å². The summed E-state index contributed by atoms with van der Waals surface area (Å²) in [6.07, 6.45) is 7.07. The molecule has 1 saturated heterocycles. The second-order valence-electron chi connectivity index (χ2n) is 8.77. The third-order valence-electron chi connectivity index (χ3n) is 6.66. The second kappa shape index (κ2) is 10.9. The Morgan fingerprint density at radius 3 is 2.48 bits per heavy atom. The fourth-order valence-corrected chi connectivity index (χ4v) is 4.55. The van der Waals surface area contributed by atoms with Crippen LogP contribution in [0, 0.1) is 19.8 Å². The highest BCUT2D eigenvalue weighted by atomic mass is 15.3. The van der Waals surface area contributed by atoms with Crippen LogP contribution in [0.4, 0.5) is 0 Å². The van der Waals surface area contributed by atoms with Crippen LogP contribution in [-0.2, 0) is 19.5 Å². The average molecular weight is 397 g/mol. The van der Waals surface area contributed by atoms with Crippen LogP contribution in [0.3, 0.4) is 0 Å². The molecule has 0 N–H and O–H groups in total. The Labute approximate surface area is 177 Å². The third kappa shape index (κ3) is 6.16. The Morgan fingerprint density at radius 1 is 1.03 bits per heavy atom. The highest BCUT2D eigenvalue weighted by Crippen LogP contribution is 2.21. The number of aromatic nitrogens is 2. The SMILES string of the molecule is CCCn1ncc(CN(CC)CC2CCN(CCc3ccccc3C)CC2)c1C. The van der Waals surface area contributed by atoms with E-state index >= 15 is 0 Å². The molecule has 160 valence electrons. The lowest BCUT2D eigenvalue weighted by Gasteiger charge is -2.34. The monoisotopic (exact) mass is 396 g/mol. The molecule has 1 aliphatic heterocycles. The highest BCUT2D eigenvalue weighted by Gasteiger charge is 2.21. The largest absolute Gasteiger partial charge is 0.303 e. The Balaban J connectivity index is 1.43. The van der Waals surface area contributed by atoms with E-state index in [0.29, 0.717) is 0 Å². The van der Waals surface area contributed by atoms with Crippen LogP contribution in [0.2, 0.25) is 0 Å². The molecule has 4 heteroatoms. The number of likely N-dealkylation sites (tertiary alicyclic amines) is 1. The van der Waals surface area contributed by atoms with E-state index in [1.807, 2.05) is 0 Å². The molecule has 0 radical (unpaired) electrons. The lowest BCUT2D eigenvalue weighted by molar-refractivity contribution is 0.143. The van der Waals surface area contributed by atoms with Gasteiger partial charge in [-0.3, -0.25) is 9.58 Å². The van der Waals surface area contributed by atoms with Crippen molar-refractivity contribution in [2.45, 2.75) is 66.5 Å². The van der Waals surface area contributed by atoms with Gasteiger partial charge in [0.25, 0.3) is 0 Å². The molecule has 1 aromatic carbocycles. The minimum Gasteiger partial charge on any atom is -0.303 e. The normalized spacial score (nSPS) is 16.0. The van der Waals surface area contributed by atoms with Crippen molar-refractivity contribution in [1.82, 2.24) is 19.6 Å². The molecule has 1 fully saturated rings. The summed E-state index contributed by atoms with van der Waals surface area (Å²) < 4.78 is 2.16. The molecule has 4 nitrogen and oxygen atoms in total. The van der Waals surface area contributed by atoms with Crippen molar-refractivity contribution in [3.05, 3.63) is 52.8 Å². The fraction of sp³-hybridized carbons (Fsp3) is 0.640. The van der Waals surface area contributed by atoms with Crippen LogP contribution in [0.5, 0.6) is 0 Å². The summed E-state index contributed by atoms with van der Waals surface area (Å²) in [6.45, 7) is 17.1. The van der Waals surface area contributed by atoms with E-state index in [0.717, 1.165) is 32.0 Å². The smallest absolute Gasteiger partial charge is 0.0537 e. The average Bonchev–Trinajstić information content (AvgIpc) is 3.07. The summed E-state index contributed by atoms with van der Waals surface area (Å²) >= 11 is 0. The summed E-state index contributed by atoms with van der Waals surface area (Å²) in [4.78, 5) is 5.28. The molecular weight excluding hydrogens is 356 g/mol. The van der Waals surface area contributed by atoms with Crippen molar-refractivity contribution in [2.75, 3.05) is 32.7 Å². The van der Waals surface area contributed by atoms with Crippen LogP contribution in [0.15, 0.2) is 30.5 Å². The topological polar surface area (TPSA) is 24.3 Å². The van der Waals surface area contributed by atoms with Gasteiger partial charge in [-0.05, 0) is 76.2 Å². The van der Waals surface area contributed by atoms with Gasteiger partial charge in [-0.1, -0.05) is 38.1 Å². The number of nitrogens with zero attached hydrogens (tertiary/aromatic N) is 4. The van der Waals surface area contributed by atoms with Gasteiger partial charge in [0.1, 0.15) is 0 Å². The van der Waals surface area contributed by atoms with Crippen LogP contribution < -0.4 is 0 Å². The number of piperidine rings is 1. The number of hydrogen-bond donors (Lipinski definition) is 0. The zero-order valence-electron chi connectivity index (χ0n) is 19.0. The maximum absolute atomic E-state index is 4.58. The fourth-order valence-electron chi connectivity index (χ4n) is 4.55. The molecule has 0 unspecified atom stereocenters. The van der Waals surface area contributed by atoms with Crippen LogP contribution in [-0.4, -0.2) is 52.3 Å². The van der Waals surface area contributed by atoms with Crippen molar-refractivity contribution in [3.8, 4) is 0 Å². The molecule has 0 bridgehead atoms. The molecule has 2 aromatic rings. The predicted molar refractivity (Wildman–Crippen MR) is 122 cm³/mol. The Kier molecular flexibility index (Phi) is 8.31. The van der Waals surface area contributed by atoms with E-state index in [-0.39, 0.29) is 0 Å². The molecular formula is C25H40N4. The maximum atomic E-state index is 4.58. The highest BCUT2D eigenvalue weighted by molar-refractivity contribution is 5.25. The number of rotatable bonds is 10. The molecule has 0 atom stereocenters. The van der Waals surface area contributed by atoms with E-state index in [1.165, 1.54) is 67.8 Å². The minimum absolute atomic E-state index is 0.829. The minimum atomic E-state index is 0.829. The van der Waals surface area contributed by atoms with Crippen molar-refractivity contribution >= 4 is 0 Å². The van der Waals surface area contributed by atoms with Crippen LogP contribution in [0.1, 0.15) is 55.5 Å². The first-order valence-corrected chi connectivity index (χ1v) is 11.6. The Hall–Kier alpha value is -1.65. The van der Waals surface area contributed by atoms with E-state index < -0.39 is 0 Å². The number of benzene rings is 1. The van der Waals surface area contributed by atoms with Gasteiger partial charge < -0.3 is 4.90 Å². The standard InChI is InChI=1S/C25H40N4/c1-5-14-29-22(4)25(18-26-29)20-27(6-2)19-23-11-15-28(16-12-23)17-13-24-10-8-7-9-21(24)3/h7-10,18,23H,5-6,11-17,19-20H2,1-4H3. The van der Waals surface area contributed by atoms with Gasteiger partial charge in [-0.15, -0.1) is 0 Å². The Bertz CT molecular complexity index is 743. The maximum Gasteiger partial charge on any atom is 0.0537 e. The summed E-state index contributed by atoms with van der Waals surface area (Å²) in [6, 6.07) is 8.82. The first-order chi connectivity index (χ1) is 14.1. The van der Waals surface area contributed by atoms with E-state index in [2.05, 4.69) is 77.7 Å². The van der Waals surface area contributed by atoms with Crippen molar-refractivity contribution < 1.29 is 0 Å². The Morgan fingerprint density at radius 2 is 1.79 bits per heavy atom. The zero-order valence-corrected chi connectivity index (χ0v) is 19.0. The van der Waals surface area contributed by atoms with Gasteiger partial charge >= 0.3 is 0 Å². The first-order valence-electron chi connectivity index (χ1n) is 11.6. The summed E-state index contributed by atoms with van der Waals surface area (Å²) in [5, 5.41) is 4.58. The molecule has 0 amide bonds. The van der Waals surface area contributed by atoms with Gasteiger partial charge in [-0.2, -0.15) is 5.10 Å². The third-order valence-corrected chi connectivity index (χ3v) is 6.66. The van der Waals surface area contributed by atoms with Crippen LogP contribution >= 0.6 is 0 Å². The predicted octanol–water partition coefficient (Wildman–Crippen LogP) is 4.69. The van der Waals surface area contributed by atoms with Gasteiger partial charge in [0, 0.05) is 37.4 Å². The molecule has 1 aromatic heterocycles. The van der Waals surface area contributed by atoms with Gasteiger partial charge in [0.15, 0.2) is 0 Å². The van der Waals surface area contributed by atoms with Gasteiger partial charge in [0.2, 0.25) is 0 Å². The number of hydrogen-bond acceptors (Lipinski definition) is 3. The summed E-state index contributed by atoms with van der Waals surface area (Å²) in [7, 11) is 0. The summed E-state index contributed by atoms with van der Waals surface area (Å²) in [5.74, 6) is 0.829. The molecule has 0 aliphatic carbocycles. The molecule has 2 heterocycles. The van der Waals surface area contributed by atoms with E-state index in [9.17, 15) is 0 Å². The van der Waals surface area contributed by atoms with E-state index in [4.69, 9.17) is 0 Å². The molecule has 0 saturated carbocycles. The first kappa shape index (κ1) is 22.0. The van der Waals surface area contributed by atoms with Gasteiger partial charge in [-0.25, -0.2) is 0 Å². The number of aryl methyl sites for hydroxylation is 2. The van der Waals surface area contributed by atoms with Crippen molar-refractivity contribution in [1.29, 1.82) is 0 Å². The van der Waals surface area contributed by atoms with Crippen LogP contribution in [0.25, 0.3) is 0 Å². The quantitative estimate of drug-likeness (QED) is 0.582. The van der Waals surface area contributed by atoms with Crippen molar-refractivity contribution in [3.63, 3.8) is 0 Å². The second-order valence-corrected chi connectivity index (χ2v) is 8.77. The lowest BCUT2D eigenvalue weighted by Crippen LogP contribution is -2.39. The molecule has 29 heavy (non-hydrogen) atoms. The molecule has 0 spiro atoms. The zero-order chi connectivity index (χ0) is 20.6. The lowest BCUT2D eigenvalue weighted by atomic mass is 9.95. The van der Waals surface area contributed by atoms with Gasteiger partial charge in [0.05, 0.1) is 6.20 Å². The molecule has 3 rings (SSSR count).